The minimum Gasteiger partial charge on any atom is -0.366 e. The second-order valence-corrected chi connectivity index (χ2v) is 8.54. The van der Waals surface area contributed by atoms with E-state index in [2.05, 4.69) is 21.3 Å². The van der Waals surface area contributed by atoms with Gasteiger partial charge in [0.05, 0.1) is 29.2 Å². The number of primary amides is 1. The van der Waals surface area contributed by atoms with Crippen LogP contribution in [-0.4, -0.2) is 35.9 Å². The largest absolute Gasteiger partial charge is 0.366 e. The minimum absolute atomic E-state index is 0.0148. The SMILES string of the molecule is CC(C)N1c2cc(Nc3cccc(C(N)=O)c3-c3ccc(C#N)cc3)ncc2N(C)C(=O)C1C. The van der Waals surface area contributed by atoms with E-state index in [1.807, 2.05) is 32.9 Å². The van der Waals surface area contributed by atoms with Crippen molar-refractivity contribution in [3.8, 4) is 17.2 Å². The summed E-state index contributed by atoms with van der Waals surface area (Å²) in [5.74, 6) is 0.0261. The Kier molecular flexibility index (Phi) is 5.95. The van der Waals surface area contributed by atoms with Crippen molar-refractivity contribution in [2.45, 2.75) is 32.9 Å². The van der Waals surface area contributed by atoms with Crippen LogP contribution in [0.2, 0.25) is 0 Å². The molecule has 1 unspecified atom stereocenters. The number of aromatic nitrogens is 1. The van der Waals surface area contributed by atoms with Gasteiger partial charge in [0.2, 0.25) is 11.8 Å². The summed E-state index contributed by atoms with van der Waals surface area (Å²) in [5, 5.41) is 12.5. The number of carbonyl (C=O) groups is 2. The van der Waals surface area contributed by atoms with Gasteiger partial charge in [-0.2, -0.15) is 5.26 Å². The zero-order chi connectivity index (χ0) is 24.6. The van der Waals surface area contributed by atoms with Gasteiger partial charge in [0.15, 0.2) is 0 Å². The van der Waals surface area contributed by atoms with Crippen molar-refractivity contribution in [3.63, 3.8) is 0 Å². The minimum atomic E-state index is -0.554. The van der Waals surface area contributed by atoms with E-state index in [0.29, 0.717) is 28.2 Å². The number of pyridine rings is 1. The standard InChI is InChI=1S/C26H26N6O2/c1-15(2)32-16(3)26(34)31(4)22-14-29-23(12-21(22)32)30-20-7-5-6-19(25(28)33)24(20)18-10-8-17(13-27)9-11-18/h5-12,14-16H,1-4H3,(H2,28,33)(H,29,30). The normalized spacial score (nSPS) is 15.2. The van der Waals surface area contributed by atoms with Gasteiger partial charge >= 0.3 is 0 Å². The molecule has 2 amide bonds. The number of nitrogens with one attached hydrogen (secondary N) is 1. The topological polar surface area (TPSA) is 115 Å². The predicted octanol–water partition coefficient (Wildman–Crippen LogP) is 4.04. The number of amides is 2. The van der Waals surface area contributed by atoms with Crippen molar-refractivity contribution in [1.29, 1.82) is 5.26 Å². The molecule has 1 aromatic heterocycles. The summed E-state index contributed by atoms with van der Waals surface area (Å²) in [7, 11) is 1.75. The molecule has 0 bridgehead atoms. The van der Waals surface area contributed by atoms with Gasteiger partial charge in [-0.3, -0.25) is 9.59 Å². The quantitative estimate of drug-likeness (QED) is 0.601. The Morgan fingerprint density at radius 3 is 2.50 bits per heavy atom. The lowest BCUT2D eigenvalue weighted by Gasteiger charge is -2.42. The van der Waals surface area contributed by atoms with E-state index < -0.39 is 5.91 Å². The van der Waals surface area contributed by atoms with Gasteiger partial charge in [0.1, 0.15) is 11.9 Å². The highest BCUT2D eigenvalue weighted by atomic mass is 16.2. The van der Waals surface area contributed by atoms with Crippen molar-refractivity contribution in [3.05, 3.63) is 65.9 Å². The lowest BCUT2D eigenvalue weighted by atomic mass is 9.96. The van der Waals surface area contributed by atoms with Crippen molar-refractivity contribution in [2.75, 3.05) is 22.2 Å². The molecule has 0 radical (unpaired) electrons. The van der Waals surface area contributed by atoms with Crippen LogP contribution < -0.4 is 20.9 Å². The summed E-state index contributed by atoms with van der Waals surface area (Å²) >= 11 is 0. The molecular weight excluding hydrogens is 428 g/mol. The maximum atomic E-state index is 12.7. The second kappa shape index (κ2) is 8.87. The number of hydrogen-bond acceptors (Lipinski definition) is 6. The zero-order valence-electron chi connectivity index (χ0n) is 19.5. The molecular formula is C26H26N6O2. The Labute approximate surface area is 198 Å². The molecule has 2 aromatic carbocycles. The Hall–Kier alpha value is -4.38. The van der Waals surface area contributed by atoms with Gasteiger partial charge < -0.3 is 20.9 Å². The number of carbonyl (C=O) groups excluding carboxylic acids is 2. The van der Waals surface area contributed by atoms with Crippen molar-refractivity contribution >= 4 is 34.7 Å². The third kappa shape index (κ3) is 3.92. The molecule has 3 N–H and O–H groups in total. The molecule has 0 spiro atoms. The summed E-state index contributed by atoms with van der Waals surface area (Å²) in [6.45, 7) is 5.99. The van der Waals surface area contributed by atoms with Crippen LogP contribution in [0.1, 0.15) is 36.7 Å². The van der Waals surface area contributed by atoms with Crippen molar-refractivity contribution in [1.82, 2.24) is 4.98 Å². The Bertz CT molecular complexity index is 1310. The molecule has 172 valence electrons. The molecule has 4 rings (SSSR count). The average Bonchev–Trinajstić information content (AvgIpc) is 2.82. The molecule has 1 atom stereocenters. The van der Waals surface area contributed by atoms with E-state index in [1.165, 1.54) is 0 Å². The smallest absolute Gasteiger partial charge is 0.249 e. The molecule has 34 heavy (non-hydrogen) atoms. The predicted molar refractivity (Wildman–Crippen MR) is 133 cm³/mol. The number of benzene rings is 2. The molecule has 0 fully saturated rings. The van der Waals surface area contributed by atoms with Crippen LogP contribution in [0.25, 0.3) is 11.1 Å². The van der Waals surface area contributed by atoms with Crippen LogP contribution in [0.4, 0.5) is 22.9 Å². The number of anilines is 4. The fourth-order valence-electron chi connectivity index (χ4n) is 4.45. The van der Waals surface area contributed by atoms with Crippen LogP contribution in [-0.2, 0) is 4.79 Å². The lowest BCUT2D eigenvalue weighted by Crippen LogP contribution is -2.53. The summed E-state index contributed by atoms with van der Waals surface area (Å²) < 4.78 is 0. The highest BCUT2D eigenvalue weighted by Gasteiger charge is 2.35. The number of likely N-dealkylation sites (N-methyl/N-ethyl adjacent to an activating group) is 1. The van der Waals surface area contributed by atoms with Gasteiger partial charge in [0, 0.05) is 36.0 Å². The van der Waals surface area contributed by atoms with E-state index in [0.717, 1.165) is 16.9 Å². The van der Waals surface area contributed by atoms with Gasteiger partial charge in [-0.1, -0.05) is 18.2 Å². The highest BCUT2D eigenvalue weighted by molar-refractivity contribution is 6.06. The first-order valence-corrected chi connectivity index (χ1v) is 11.0. The number of hydrogen-bond donors (Lipinski definition) is 2. The van der Waals surface area contributed by atoms with Gasteiger partial charge in [-0.15, -0.1) is 0 Å². The van der Waals surface area contributed by atoms with E-state index in [9.17, 15) is 9.59 Å². The zero-order valence-corrected chi connectivity index (χ0v) is 19.5. The molecule has 1 aliphatic heterocycles. The third-order valence-corrected chi connectivity index (χ3v) is 6.06. The Morgan fingerprint density at radius 2 is 1.88 bits per heavy atom. The summed E-state index contributed by atoms with van der Waals surface area (Å²) in [4.78, 5) is 33.2. The average molecular weight is 455 g/mol. The molecule has 1 aliphatic rings. The van der Waals surface area contributed by atoms with Gasteiger partial charge in [-0.25, -0.2) is 4.98 Å². The van der Waals surface area contributed by atoms with Crippen LogP contribution in [0.3, 0.4) is 0 Å². The number of rotatable bonds is 5. The van der Waals surface area contributed by atoms with E-state index in [4.69, 9.17) is 11.0 Å². The molecule has 8 heteroatoms. The van der Waals surface area contributed by atoms with Crippen LogP contribution in [0.15, 0.2) is 54.7 Å². The molecule has 0 saturated heterocycles. The maximum absolute atomic E-state index is 12.7. The molecule has 0 saturated carbocycles. The first kappa shape index (κ1) is 22.8. The number of nitrogens with two attached hydrogens (primary N) is 1. The third-order valence-electron chi connectivity index (χ3n) is 6.06. The number of nitrogens with zero attached hydrogens (tertiary/aromatic N) is 4. The highest BCUT2D eigenvalue weighted by Crippen LogP contribution is 2.39. The monoisotopic (exact) mass is 454 g/mol. The first-order chi connectivity index (χ1) is 16.2. The molecule has 8 nitrogen and oxygen atoms in total. The summed E-state index contributed by atoms with van der Waals surface area (Å²) in [5.41, 5.74) is 10.2. The van der Waals surface area contributed by atoms with Gasteiger partial charge in [-0.05, 0) is 50.6 Å². The van der Waals surface area contributed by atoms with Gasteiger partial charge in [0.25, 0.3) is 0 Å². The fraction of sp³-hybridized carbons (Fsp3) is 0.231. The fourth-order valence-corrected chi connectivity index (χ4v) is 4.45. The second-order valence-electron chi connectivity index (χ2n) is 8.54. The van der Waals surface area contributed by atoms with Crippen molar-refractivity contribution in [2.24, 2.45) is 5.73 Å². The van der Waals surface area contributed by atoms with E-state index in [-0.39, 0.29) is 18.0 Å². The number of fused-ring (bicyclic) bond motifs is 1. The van der Waals surface area contributed by atoms with Crippen LogP contribution in [0.5, 0.6) is 0 Å². The Morgan fingerprint density at radius 1 is 1.18 bits per heavy atom. The van der Waals surface area contributed by atoms with E-state index in [1.54, 1.807) is 54.5 Å². The van der Waals surface area contributed by atoms with Crippen LogP contribution in [0, 0.1) is 11.3 Å². The molecule has 3 aromatic rings. The first-order valence-electron chi connectivity index (χ1n) is 11.0. The lowest BCUT2D eigenvalue weighted by molar-refractivity contribution is -0.119. The maximum Gasteiger partial charge on any atom is 0.249 e. The van der Waals surface area contributed by atoms with Crippen LogP contribution >= 0.6 is 0 Å². The summed E-state index contributed by atoms with van der Waals surface area (Å²) in [6, 6.07) is 16.0. The van der Waals surface area contributed by atoms with E-state index >= 15 is 0 Å². The number of nitriles is 1. The molecule has 2 heterocycles. The Balaban J connectivity index is 1.81. The summed E-state index contributed by atoms with van der Waals surface area (Å²) in [6.07, 6.45) is 1.68. The van der Waals surface area contributed by atoms with Crippen molar-refractivity contribution < 1.29 is 9.59 Å². The molecule has 0 aliphatic carbocycles.